The Kier molecular flexibility index (Phi) is 2.73. The molecule has 5 heteroatoms. The lowest BCUT2D eigenvalue weighted by atomic mass is 9.95. The van der Waals surface area contributed by atoms with Gasteiger partial charge in [0, 0.05) is 24.6 Å². The number of rotatable bonds is 2. The normalized spacial score (nSPS) is 18.8. The average molecular weight is 198 g/mol. The van der Waals surface area contributed by atoms with Crippen LogP contribution < -0.4 is 4.90 Å². The highest BCUT2D eigenvalue weighted by Gasteiger charge is 2.20. The predicted octanol–water partition coefficient (Wildman–Crippen LogP) is 1.70. The minimum Gasteiger partial charge on any atom is -0.346 e. The van der Waals surface area contributed by atoms with Crippen LogP contribution in [0.15, 0.2) is 0 Å². The summed E-state index contributed by atoms with van der Waals surface area (Å²) in [5.74, 6) is 0. The van der Waals surface area contributed by atoms with Gasteiger partial charge in [-0.2, -0.15) is 0 Å². The summed E-state index contributed by atoms with van der Waals surface area (Å²) in [6, 6.07) is 0.656. The number of hydrogen-bond donors (Lipinski definition) is 0. The first-order valence-electron chi connectivity index (χ1n) is 4.76. The smallest absolute Gasteiger partial charge is 0.227 e. The fraction of sp³-hybridized carbons (Fsp3) is 0.875. The molecular weight excluding hydrogens is 184 g/mol. The van der Waals surface area contributed by atoms with Gasteiger partial charge in [0.1, 0.15) is 0 Å². The van der Waals surface area contributed by atoms with Crippen LogP contribution in [0, 0.1) is 0 Å². The Bertz CT molecular complexity index is 243. The van der Waals surface area contributed by atoms with Gasteiger partial charge in [0.25, 0.3) is 0 Å². The fourth-order valence-corrected chi connectivity index (χ4v) is 2.39. The predicted molar refractivity (Wildman–Crippen MR) is 53.0 cm³/mol. The summed E-state index contributed by atoms with van der Waals surface area (Å²) < 4.78 is 3.78. The van der Waals surface area contributed by atoms with Crippen LogP contribution in [0.2, 0.25) is 0 Å². The maximum absolute atomic E-state index is 3.97. The molecule has 1 aromatic rings. The molecule has 4 nitrogen and oxygen atoms in total. The van der Waals surface area contributed by atoms with E-state index in [1.807, 2.05) is 0 Å². The van der Waals surface area contributed by atoms with E-state index >= 15 is 0 Å². The average Bonchev–Trinajstić information content (AvgIpc) is 2.71. The van der Waals surface area contributed by atoms with Crippen LogP contribution in [0.25, 0.3) is 0 Å². The van der Waals surface area contributed by atoms with E-state index in [1.165, 1.54) is 43.6 Å². The summed E-state index contributed by atoms with van der Waals surface area (Å²) in [5.41, 5.74) is 0. The zero-order valence-electron chi connectivity index (χ0n) is 7.81. The fourth-order valence-electron chi connectivity index (χ4n) is 1.89. The Morgan fingerprint density at radius 1 is 1.31 bits per heavy atom. The Morgan fingerprint density at radius 2 is 2.08 bits per heavy atom. The second kappa shape index (κ2) is 4.00. The first kappa shape index (κ1) is 8.87. The summed E-state index contributed by atoms with van der Waals surface area (Å²) in [5, 5.41) is 8.54. The van der Waals surface area contributed by atoms with Gasteiger partial charge in [0.15, 0.2) is 0 Å². The molecule has 1 fully saturated rings. The highest BCUT2D eigenvalue weighted by atomic mass is 32.1. The molecular formula is C8H14N4S. The zero-order chi connectivity index (χ0) is 9.10. The van der Waals surface area contributed by atoms with Crippen molar-refractivity contribution in [1.29, 1.82) is 0 Å². The Morgan fingerprint density at radius 3 is 2.69 bits per heavy atom. The molecule has 1 aromatic heterocycles. The molecule has 0 radical (unpaired) electrons. The van der Waals surface area contributed by atoms with E-state index in [9.17, 15) is 0 Å². The lowest BCUT2D eigenvalue weighted by molar-refractivity contribution is 0.427. The number of nitrogens with zero attached hydrogens (tertiary/aromatic N) is 4. The van der Waals surface area contributed by atoms with E-state index in [1.54, 1.807) is 0 Å². The SMILES string of the molecule is CN(c1nnns1)C1CCCCC1. The third-order valence-electron chi connectivity index (χ3n) is 2.71. The van der Waals surface area contributed by atoms with Crippen LogP contribution in [0.1, 0.15) is 32.1 Å². The highest BCUT2D eigenvalue weighted by Crippen LogP contribution is 2.25. The van der Waals surface area contributed by atoms with E-state index in [0.29, 0.717) is 6.04 Å². The van der Waals surface area contributed by atoms with Crippen LogP contribution >= 0.6 is 11.5 Å². The molecule has 72 valence electrons. The Hall–Kier alpha value is -0.710. The summed E-state index contributed by atoms with van der Waals surface area (Å²) in [7, 11) is 2.10. The minimum atomic E-state index is 0.656. The quantitative estimate of drug-likeness (QED) is 0.725. The minimum absolute atomic E-state index is 0.656. The highest BCUT2D eigenvalue weighted by molar-refractivity contribution is 7.09. The van der Waals surface area contributed by atoms with E-state index in [4.69, 9.17) is 0 Å². The van der Waals surface area contributed by atoms with Gasteiger partial charge in [0.05, 0.1) is 0 Å². The van der Waals surface area contributed by atoms with E-state index < -0.39 is 0 Å². The second-order valence-electron chi connectivity index (χ2n) is 3.55. The van der Waals surface area contributed by atoms with Crippen molar-refractivity contribution in [2.24, 2.45) is 0 Å². The van der Waals surface area contributed by atoms with Crippen molar-refractivity contribution in [1.82, 2.24) is 14.8 Å². The third kappa shape index (κ3) is 1.96. The van der Waals surface area contributed by atoms with Crippen molar-refractivity contribution in [2.75, 3.05) is 11.9 Å². The summed E-state index contributed by atoms with van der Waals surface area (Å²) >= 11 is 1.38. The van der Waals surface area contributed by atoms with Crippen molar-refractivity contribution in [3.05, 3.63) is 0 Å². The van der Waals surface area contributed by atoms with Gasteiger partial charge in [-0.15, -0.1) is 0 Å². The van der Waals surface area contributed by atoms with Crippen molar-refractivity contribution in [3.8, 4) is 0 Å². The molecule has 0 N–H and O–H groups in total. The molecule has 0 amide bonds. The van der Waals surface area contributed by atoms with Crippen LogP contribution in [0.3, 0.4) is 0 Å². The summed E-state index contributed by atoms with van der Waals surface area (Å²) in [4.78, 5) is 2.23. The maximum Gasteiger partial charge on any atom is 0.227 e. The number of hydrogen-bond acceptors (Lipinski definition) is 5. The van der Waals surface area contributed by atoms with Gasteiger partial charge in [-0.3, -0.25) is 0 Å². The first-order valence-corrected chi connectivity index (χ1v) is 5.53. The third-order valence-corrected chi connectivity index (χ3v) is 3.40. The van der Waals surface area contributed by atoms with Gasteiger partial charge in [0.2, 0.25) is 5.13 Å². The molecule has 0 aliphatic heterocycles. The molecule has 1 aliphatic rings. The zero-order valence-corrected chi connectivity index (χ0v) is 8.63. The van der Waals surface area contributed by atoms with Gasteiger partial charge in [-0.25, -0.2) is 0 Å². The van der Waals surface area contributed by atoms with Gasteiger partial charge in [-0.05, 0) is 18.1 Å². The lowest BCUT2D eigenvalue weighted by Gasteiger charge is -2.30. The van der Waals surface area contributed by atoms with E-state index in [2.05, 4.69) is 26.7 Å². The molecule has 1 heterocycles. The van der Waals surface area contributed by atoms with Crippen molar-refractivity contribution in [2.45, 2.75) is 38.1 Å². The largest absolute Gasteiger partial charge is 0.346 e. The Balaban J connectivity index is 1.99. The summed E-state index contributed by atoms with van der Waals surface area (Å²) in [6.07, 6.45) is 6.66. The van der Waals surface area contributed by atoms with Crippen molar-refractivity contribution < 1.29 is 0 Å². The Labute approximate surface area is 82.1 Å². The standard InChI is InChI=1S/C8H14N4S/c1-12(8-9-10-11-13-8)7-5-3-2-4-6-7/h7H,2-6H2,1H3. The van der Waals surface area contributed by atoms with Gasteiger partial charge in [-0.1, -0.05) is 28.8 Å². The molecule has 0 spiro atoms. The molecule has 0 saturated heterocycles. The molecule has 0 atom stereocenters. The maximum atomic E-state index is 3.97. The van der Waals surface area contributed by atoms with Crippen LogP contribution in [-0.4, -0.2) is 27.9 Å². The van der Waals surface area contributed by atoms with Crippen LogP contribution in [-0.2, 0) is 0 Å². The van der Waals surface area contributed by atoms with Gasteiger partial charge < -0.3 is 4.90 Å². The second-order valence-corrected chi connectivity index (χ2v) is 4.26. The molecule has 13 heavy (non-hydrogen) atoms. The summed E-state index contributed by atoms with van der Waals surface area (Å²) in [6.45, 7) is 0. The lowest BCUT2D eigenvalue weighted by Crippen LogP contribution is -2.33. The van der Waals surface area contributed by atoms with Crippen molar-refractivity contribution >= 4 is 16.7 Å². The number of aromatic nitrogens is 3. The molecule has 0 aromatic carbocycles. The van der Waals surface area contributed by atoms with Gasteiger partial charge >= 0.3 is 0 Å². The molecule has 0 bridgehead atoms. The van der Waals surface area contributed by atoms with E-state index in [-0.39, 0.29) is 0 Å². The van der Waals surface area contributed by atoms with Crippen LogP contribution in [0.5, 0.6) is 0 Å². The molecule has 2 rings (SSSR count). The monoisotopic (exact) mass is 198 g/mol. The first-order chi connectivity index (χ1) is 6.38. The molecule has 0 unspecified atom stereocenters. The number of anilines is 1. The molecule has 1 saturated carbocycles. The topological polar surface area (TPSA) is 41.9 Å². The van der Waals surface area contributed by atoms with Crippen LogP contribution in [0.4, 0.5) is 5.13 Å². The van der Waals surface area contributed by atoms with E-state index in [0.717, 1.165) is 5.13 Å². The van der Waals surface area contributed by atoms with Crippen molar-refractivity contribution in [3.63, 3.8) is 0 Å². The molecule has 1 aliphatic carbocycles.